The number of hydrogen-bond donors (Lipinski definition) is 0. The Hall–Kier alpha value is -1.84. The third-order valence-electron chi connectivity index (χ3n) is 4.07. The third-order valence-corrected chi connectivity index (χ3v) is 6.46. The summed E-state index contributed by atoms with van der Waals surface area (Å²) >= 11 is 3.04. The molecule has 0 aromatic heterocycles. The van der Waals surface area contributed by atoms with Crippen molar-refractivity contribution in [1.82, 2.24) is 4.31 Å². The SMILES string of the molecule is O=S(=O)(c1ccc(Br)cc1OC(F)(F)F)N1CC=C(c2ccccc2)CC1. The zero-order chi connectivity index (χ0) is 19.7. The molecule has 1 aliphatic rings. The van der Waals surface area contributed by atoms with Gasteiger partial charge in [-0.15, -0.1) is 13.2 Å². The predicted molar refractivity (Wildman–Crippen MR) is 98.6 cm³/mol. The maximum absolute atomic E-state index is 12.9. The van der Waals surface area contributed by atoms with E-state index >= 15 is 0 Å². The first kappa shape index (κ1) is 19.9. The van der Waals surface area contributed by atoms with E-state index in [0.29, 0.717) is 6.42 Å². The Morgan fingerprint density at radius 2 is 1.78 bits per heavy atom. The average Bonchev–Trinajstić information content (AvgIpc) is 2.61. The number of sulfonamides is 1. The fraction of sp³-hybridized carbons (Fsp3) is 0.222. The van der Waals surface area contributed by atoms with E-state index in [1.54, 1.807) is 6.08 Å². The van der Waals surface area contributed by atoms with Crippen molar-refractivity contribution in [3.05, 3.63) is 64.6 Å². The third kappa shape index (κ3) is 4.72. The Kier molecular flexibility index (Phi) is 5.64. The second-order valence-electron chi connectivity index (χ2n) is 5.85. The lowest BCUT2D eigenvalue weighted by molar-refractivity contribution is -0.275. The number of rotatable bonds is 4. The van der Waals surface area contributed by atoms with Gasteiger partial charge in [0.15, 0.2) is 5.75 Å². The van der Waals surface area contributed by atoms with Crippen molar-refractivity contribution in [3.8, 4) is 5.75 Å². The molecule has 0 radical (unpaired) electrons. The zero-order valence-corrected chi connectivity index (χ0v) is 16.3. The van der Waals surface area contributed by atoms with Crippen LogP contribution in [0.5, 0.6) is 5.75 Å². The molecule has 0 saturated heterocycles. The van der Waals surface area contributed by atoms with Gasteiger partial charge in [0.25, 0.3) is 0 Å². The van der Waals surface area contributed by atoms with Gasteiger partial charge in [0.1, 0.15) is 4.90 Å². The van der Waals surface area contributed by atoms with Gasteiger partial charge >= 0.3 is 6.36 Å². The van der Waals surface area contributed by atoms with E-state index in [4.69, 9.17) is 0 Å². The number of halogens is 4. The van der Waals surface area contributed by atoms with Crippen LogP contribution in [-0.4, -0.2) is 32.2 Å². The molecule has 0 spiro atoms. The minimum Gasteiger partial charge on any atom is -0.404 e. The zero-order valence-electron chi connectivity index (χ0n) is 13.9. The van der Waals surface area contributed by atoms with Crippen molar-refractivity contribution in [2.75, 3.05) is 13.1 Å². The highest BCUT2D eigenvalue weighted by atomic mass is 79.9. The van der Waals surface area contributed by atoms with E-state index in [9.17, 15) is 21.6 Å². The van der Waals surface area contributed by atoms with Crippen LogP contribution < -0.4 is 4.74 Å². The molecule has 0 unspecified atom stereocenters. The summed E-state index contributed by atoms with van der Waals surface area (Å²) in [7, 11) is -4.14. The van der Waals surface area contributed by atoms with E-state index in [2.05, 4.69) is 20.7 Å². The molecule has 0 N–H and O–H groups in total. The number of nitrogens with zero attached hydrogens (tertiary/aromatic N) is 1. The van der Waals surface area contributed by atoms with E-state index in [-0.39, 0.29) is 17.6 Å². The molecule has 27 heavy (non-hydrogen) atoms. The van der Waals surface area contributed by atoms with Gasteiger partial charge < -0.3 is 4.74 Å². The smallest absolute Gasteiger partial charge is 0.404 e. The molecule has 4 nitrogen and oxygen atoms in total. The van der Waals surface area contributed by atoms with Crippen LogP contribution in [0.3, 0.4) is 0 Å². The maximum Gasteiger partial charge on any atom is 0.573 e. The average molecular weight is 462 g/mol. The Labute approximate surface area is 163 Å². The molecule has 2 aromatic rings. The van der Waals surface area contributed by atoms with Gasteiger partial charge in [0.05, 0.1) is 0 Å². The van der Waals surface area contributed by atoms with Crippen molar-refractivity contribution >= 4 is 31.5 Å². The Morgan fingerprint density at radius 3 is 2.37 bits per heavy atom. The van der Waals surface area contributed by atoms with E-state index in [1.807, 2.05) is 30.3 Å². The monoisotopic (exact) mass is 461 g/mol. The molecule has 0 fully saturated rings. The molecule has 144 valence electrons. The standard InChI is InChI=1S/C18H15BrF3NO3S/c19-15-6-7-17(16(12-15)26-18(20,21)22)27(24,25)23-10-8-14(9-11-23)13-4-2-1-3-5-13/h1-8,12H,9-11H2. The largest absolute Gasteiger partial charge is 0.573 e. The van der Waals surface area contributed by atoms with Crippen molar-refractivity contribution in [3.63, 3.8) is 0 Å². The minimum absolute atomic E-state index is 0.0775. The molecule has 0 atom stereocenters. The minimum atomic E-state index is -4.99. The van der Waals surface area contributed by atoms with E-state index in [1.165, 1.54) is 6.07 Å². The van der Waals surface area contributed by atoms with Gasteiger partial charge in [-0.2, -0.15) is 4.31 Å². The fourth-order valence-electron chi connectivity index (χ4n) is 2.82. The normalized spacial score (nSPS) is 16.1. The van der Waals surface area contributed by atoms with Crippen LogP contribution in [0.4, 0.5) is 13.2 Å². The summed E-state index contributed by atoms with van der Waals surface area (Å²) in [6.07, 6.45) is -2.75. The first-order valence-corrected chi connectivity index (χ1v) is 10.2. The summed E-state index contributed by atoms with van der Waals surface area (Å²) < 4.78 is 69.1. The molecule has 0 bridgehead atoms. The van der Waals surface area contributed by atoms with E-state index in [0.717, 1.165) is 27.6 Å². The van der Waals surface area contributed by atoms with Crippen LogP contribution in [0.2, 0.25) is 0 Å². The predicted octanol–water partition coefficient (Wildman–Crippen LogP) is 4.83. The lowest BCUT2D eigenvalue weighted by Gasteiger charge is -2.27. The number of benzene rings is 2. The Balaban J connectivity index is 1.89. The summed E-state index contributed by atoms with van der Waals surface area (Å²) in [6, 6.07) is 13.0. The lowest BCUT2D eigenvalue weighted by Crippen LogP contribution is -2.35. The van der Waals surface area contributed by atoms with Crippen molar-refractivity contribution in [2.24, 2.45) is 0 Å². The van der Waals surface area contributed by atoms with Crippen LogP contribution in [-0.2, 0) is 10.0 Å². The van der Waals surface area contributed by atoms with Crippen LogP contribution in [0.15, 0.2) is 64.0 Å². The fourth-order valence-corrected chi connectivity index (χ4v) is 4.64. The first-order chi connectivity index (χ1) is 12.7. The lowest BCUT2D eigenvalue weighted by atomic mass is 10.0. The number of ether oxygens (including phenoxy) is 1. The Bertz CT molecular complexity index is 960. The summed E-state index contributed by atoms with van der Waals surface area (Å²) in [4.78, 5) is -0.514. The maximum atomic E-state index is 12.9. The number of hydrogen-bond acceptors (Lipinski definition) is 3. The molecular weight excluding hydrogens is 447 g/mol. The molecule has 1 aliphatic heterocycles. The molecule has 2 aromatic carbocycles. The van der Waals surface area contributed by atoms with Crippen molar-refractivity contribution < 1.29 is 26.3 Å². The molecule has 1 heterocycles. The molecular formula is C18H15BrF3NO3S. The highest BCUT2D eigenvalue weighted by Gasteiger charge is 2.36. The van der Waals surface area contributed by atoms with E-state index < -0.39 is 27.0 Å². The van der Waals surface area contributed by atoms with Crippen LogP contribution in [0, 0.1) is 0 Å². The molecule has 3 rings (SSSR count). The molecule has 0 saturated carbocycles. The van der Waals surface area contributed by atoms with Gasteiger partial charge in [-0.05, 0) is 35.8 Å². The first-order valence-electron chi connectivity index (χ1n) is 7.97. The van der Waals surface area contributed by atoms with Gasteiger partial charge in [-0.25, -0.2) is 8.42 Å². The molecule has 9 heteroatoms. The topological polar surface area (TPSA) is 46.6 Å². The van der Waals surface area contributed by atoms with Crippen LogP contribution in [0.25, 0.3) is 5.57 Å². The second-order valence-corrected chi connectivity index (χ2v) is 8.67. The quantitative estimate of drug-likeness (QED) is 0.655. The van der Waals surface area contributed by atoms with Gasteiger partial charge in [-0.3, -0.25) is 0 Å². The Morgan fingerprint density at radius 1 is 1.07 bits per heavy atom. The van der Waals surface area contributed by atoms with Crippen LogP contribution in [0.1, 0.15) is 12.0 Å². The van der Waals surface area contributed by atoms with Crippen molar-refractivity contribution in [1.29, 1.82) is 0 Å². The summed E-state index contributed by atoms with van der Waals surface area (Å²) in [5.41, 5.74) is 2.00. The van der Waals surface area contributed by atoms with Gasteiger partial charge in [-0.1, -0.05) is 52.3 Å². The molecule has 0 amide bonds. The van der Waals surface area contributed by atoms with Crippen molar-refractivity contribution in [2.45, 2.75) is 17.7 Å². The second kappa shape index (κ2) is 7.65. The number of alkyl halides is 3. The summed E-state index contributed by atoms with van der Waals surface area (Å²) in [5.74, 6) is -0.755. The van der Waals surface area contributed by atoms with Crippen LogP contribution >= 0.6 is 15.9 Å². The molecule has 0 aliphatic carbocycles. The van der Waals surface area contributed by atoms with Gasteiger partial charge in [0.2, 0.25) is 10.0 Å². The highest BCUT2D eigenvalue weighted by molar-refractivity contribution is 9.10. The van der Waals surface area contributed by atoms with Gasteiger partial charge in [0, 0.05) is 17.6 Å². The summed E-state index contributed by atoms with van der Waals surface area (Å²) in [6.45, 7) is 0.249. The highest BCUT2D eigenvalue weighted by Crippen LogP contribution is 2.35. The summed E-state index contributed by atoms with van der Waals surface area (Å²) in [5, 5.41) is 0.